The van der Waals surface area contributed by atoms with Gasteiger partial charge in [-0.15, -0.1) is 0 Å². The summed E-state index contributed by atoms with van der Waals surface area (Å²) in [6, 6.07) is 21.4. The Morgan fingerprint density at radius 1 is 1.00 bits per heavy atom. The lowest BCUT2D eigenvalue weighted by Gasteiger charge is -2.13. The number of hydrogen-bond acceptors (Lipinski definition) is 6. The molecule has 0 saturated carbocycles. The Kier molecular flexibility index (Phi) is 6.56. The van der Waals surface area contributed by atoms with E-state index in [9.17, 15) is 14.4 Å². The molecule has 1 heterocycles. The molecule has 6 nitrogen and oxygen atoms in total. The van der Waals surface area contributed by atoms with Crippen molar-refractivity contribution in [3.63, 3.8) is 0 Å². The molecule has 0 N–H and O–H groups in total. The van der Waals surface area contributed by atoms with E-state index in [2.05, 4.69) is 0 Å². The van der Waals surface area contributed by atoms with Crippen LogP contribution in [0.15, 0.2) is 71.6 Å². The summed E-state index contributed by atoms with van der Waals surface area (Å²) < 4.78 is 11.0. The average molecular weight is 448 g/mol. The standard InChI is InChI=1S/C25H21NO5S/c1-2-30-23(27)15-26-24(28)22(32-25(26)29)14-20-19-11-7-6-10-18(19)12-13-21(20)31-16-17-8-4-3-5-9-17/h3-14H,2,15-16H2,1H3/b22-14+. The first-order valence-electron chi connectivity index (χ1n) is 10.2. The second-order valence-corrected chi connectivity index (χ2v) is 8.04. The van der Waals surface area contributed by atoms with Crippen molar-refractivity contribution in [3.05, 3.63) is 82.8 Å². The lowest BCUT2D eigenvalue weighted by molar-refractivity contribution is -0.145. The van der Waals surface area contributed by atoms with Crippen LogP contribution in [0, 0.1) is 0 Å². The summed E-state index contributed by atoms with van der Waals surface area (Å²) in [6.07, 6.45) is 1.67. The molecule has 4 rings (SSSR count). The van der Waals surface area contributed by atoms with E-state index in [1.807, 2.05) is 66.7 Å². The summed E-state index contributed by atoms with van der Waals surface area (Å²) in [5, 5.41) is 1.38. The highest BCUT2D eigenvalue weighted by Gasteiger charge is 2.37. The molecule has 0 atom stereocenters. The van der Waals surface area contributed by atoms with Gasteiger partial charge in [0.25, 0.3) is 11.1 Å². The third-order valence-corrected chi connectivity index (χ3v) is 5.82. The summed E-state index contributed by atoms with van der Waals surface area (Å²) in [5.41, 5.74) is 1.72. The molecule has 32 heavy (non-hydrogen) atoms. The number of rotatable bonds is 7. The number of carbonyl (C=O) groups is 3. The van der Waals surface area contributed by atoms with Gasteiger partial charge in [-0.05, 0) is 47.2 Å². The predicted octanol–water partition coefficient (Wildman–Crippen LogP) is 5.02. The van der Waals surface area contributed by atoms with Crippen LogP contribution in [0.25, 0.3) is 16.8 Å². The molecule has 1 fully saturated rings. The van der Waals surface area contributed by atoms with Crippen LogP contribution in [-0.2, 0) is 20.9 Å². The molecule has 3 aromatic carbocycles. The highest BCUT2D eigenvalue weighted by atomic mass is 32.2. The lowest BCUT2D eigenvalue weighted by Crippen LogP contribution is -2.34. The molecule has 0 aromatic heterocycles. The molecule has 162 valence electrons. The Morgan fingerprint density at radius 2 is 1.75 bits per heavy atom. The molecule has 1 aliphatic rings. The Bertz CT molecular complexity index is 1210. The van der Waals surface area contributed by atoms with Gasteiger partial charge in [0, 0.05) is 5.56 Å². The van der Waals surface area contributed by atoms with Gasteiger partial charge in [-0.2, -0.15) is 0 Å². The van der Waals surface area contributed by atoms with Crippen LogP contribution in [-0.4, -0.2) is 35.2 Å². The van der Waals surface area contributed by atoms with E-state index in [4.69, 9.17) is 9.47 Å². The largest absolute Gasteiger partial charge is 0.488 e. The fourth-order valence-corrected chi connectivity index (χ4v) is 4.21. The van der Waals surface area contributed by atoms with E-state index < -0.39 is 23.7 Å². The Morgan fingerprint density at radius 3 is 2.53 bits per heavy atom. The van der Waals surface area contributed by atoms with Crippen LogP contribution < -0.4 is 4.74 Å². The monoisotopic (exact) mass is 447 g/mol. The number of amides is 2. The zero-order valence-corrected chi connectivity index (χ0v) is 18.3. The molecule has 0 spiro atoms. The Hall–Kier alpha value is -3.58. The van der Waals surface area contributed by atoms with Crippen LogP contribution >= 0.6 is 11.8 Å². The molecular formula is C25H21NO5S. The summed E-state index contributed by atoms with van der Waals surface area (Å²) in [6.45, 7) is 1.82. The van der Waals surface area contributed by atoms with Gasteiger partial charge in [-0.3, -0.25) is 19.3 Å². The van der Waals surface area contributed by atoms with Crippen molar-refractivity contribution >= 4 is 45.7 Å². The molecule has 3 aromatic rings. The van der Waals surface area contributed by atoms with E-state index in [-0.39, 0.29) is 11.5 Å². The highest BCUT2D eigenvalue weighted by molar-refractivity contribution is 8.18. The van der Waals surface area contributed by atoms with Crippen molar-refractivity contribution in [2.45, 2.75) is 13.5 Å². The number of fused-ring (bicyclic) bond motifs is 1. The maximum atomic E-state index is 12.9. The van der Waals surface area contributed by atoms with Gasteiger partial charge < -0.3 is 9.47 Å². The van der Waals surface area contributed by atoms with Crippen LogP contribution in [0.2, 0.25) is 0 Å². The number of ether oxygens (including phenoxy) is 2. The van der Waals surface area contributed by atoms with Crippen LogP contribution in [0.4, 0.5) is 4.79 Å². The van der Waals surface area contributed by atoms with Gasteiger partial charge in [0.05, 0.1) is 11.5 Å². The maximum absolute atomic E-state index is 12.9. The minimum Gasteiger partial charge on any atom is -0.488 e. The fourth-order valence-electron chi connectivity index (χ4n) is 3.39. The zero-order chi connectivity index (χ0) is 22.5. The number of hydrogen-bond donors (Lipinski definition) is 0. The molecule has 1 saturated heterocycles. The molecule has 0 aliphatic carbocycles. The average Bonchev–Trinajstić information content (AvgIpc) is 3.06. The van der Waals surface area contributed by atoms with Crippen LogP contribution in [0.1, 0.15) is 18.1 Å². The zero-order valence-electron chi connectivity index (χ0n) is 17.4. The number of benzene rings is 3. The van der Waals surface area contributed by atoms with Crippen LogP contribution in [0.3, 0.4) is 0 Å². The number of nitrogens with zero attached hydrogens (tertiary/aromatic N) is 1. The summed E-state index contributed by atoms with van der Waals surface area (Å²) in [7, 11) is 0. The van der Waals surface area contributed by atoms with Crippen molar-refractivity contribution < 1.29 is 23.9 Å². The normalized spacial score (nSPS) is 14.9. The highest BCUT2D eigenvalue weighted by Crippen LogP contribution is 2.37. The first kappa shape index (κ1) is 21.6. The fraction of sp³-hybridized carbons (Fsp3) is 0.160. The van der Waals surface area contributed by atoms with E-state index >= 15 is 0 Å². The van der Waals surface area contributed by atoms with Crippen molar-refractivity contribution in [2.75, 3.05) is 13.2 Å². The number of carbonyl (C=O) groups excluding carboxylic acids is 3. The Balaban J connectivity index is 1.68. The third-order valence-electron chi connectivity index (χ3n) is 4.91. The molecule has 0 unspecified atom stereocenters. The molecule has 7 heteroatoms. The summed E-state index contributed by atoms with van der Waals surface area (Å²) in [4.78, 5) is 38.2. The quantitative estimate of drug-likeness (QED) is 0.374. The van der Waals surface area contributed by atoms with Gasteiger partial charge >= 0.3 is 5.97 Å². The van der Waals surface area contributed by atoms with E-state index in [0.29, 0.717) is 17.9 Å². The minimum absolute atomic E-state index is 0.184. The van der Waals surface area contributed by atoms with E-state index in [0.717, 1.165) is 33.0 Å². The van der Waals surface area contributed by atoms with Crippen LogP contribution in [0.5, 0.6) is 5.75 Å². The number of thioether (sulfide) groups is 1. The second kappa shape index (κ2) is 9.70. The van der Waals surface area contributed by atoms with Crippen molar-refractivity contribution in [1.82, 2.24) is 4.90 Å². The van der Waals surface area contributed by atoms with Gasteiger partial charge in [0.1, 0.15) is 18.9 Å². The Labute approximate surface area is 189 Å². The second-order valence-electron chi connectivity index (χ2n) is 7.05. The van der Waals surface area contributed by atoms with Gasteiger partial charge in [0.15, 0.2) is 0 Å². The molecule has 0 radical (unpaired) electrons. The molecule has 1 aliphatic heterocycles. The smallest absolute Gasteiger partial charge is 0.326 e. The van der Waals surface area contributed by atoms with Gasteiger partial charge in [-0.25, -0.2) is 0 Å². The van der Waals surface area contributed by atoms with E-state index in [1.54, 1.807) is 13.0 Å². The van der Waals surface area contributed by atoms with Crippen molar-refractivity contribution in [3.8, 4) is 5.75 Å². The first-order valence-corrected chi connectivity index (χ1v) is 11.0. The van der Waals surface area contributed by atoms with Gasteiger partial charge in [-0.1, -0.05) is 60.7 Å². The van der Waals surface area contributed by atoms with E-state index in [1.165, 1.54) is 0 Å². The molecule has 0 bridgehead atoms. The SMILES string of the molecule is CCOC(=O)CN1C(=O)S/C(=C/c2c(OCc3ccccc3)ccc3ccccc23)C1=O. The number of imide groups is 1. The van der Waals surface area contributed by atoms with Gasteiger partial charge in [0.2, 0.25) is 0 Å². The minimum atomic E-state index is -0.618. The lowest BCUT2D eigenvalue weighted by atomic mass is 10.0. The topological polar surface area (TPSA) is 72.9 Å². The third kappa shape index (κ3) is 4.68. The maximum Gasteiger partial charge on any atom is 0.326 e. The van der Waals surface area contributed by atoms with Crippen molar-refractivity contribution in [2.24, 2.45) is 0 Å². The predicted molar refractivity (Wildman–Crippen MR) is 124 cm³/mol. The first-order chi connectivity index (χ1) is 15.6. The molecular weight excluding hydrogens is 426 g/mol. The van der Waals surface area contributed by atoms with Crippen molar-refractivity contribution in [1.29, 1.82) is 0 Å². The molecule has 2 amide bonds. The summed E-state index contributed by atoms with van der Waals surface area (Å²) in [5.74, 6) is -0.534. The summed E-state index contributed by atoms with van der Waals surface area (Å²) >= 11 is 0.804. The number of esters is 1.